The van der Waals surface area contributed by atoms with Crippen LogP contribution in [0.25, 0.3) is 10.8 Å². The maximum Gasteiger partial charge on any atom is 0.242 e. The fraction of sp³-hybridized carbons (Fsp3) is 0.478. The zero-order valence-electron chi connectivity index (χ0n) is 16.1. The van der Waals surface area contributed by atoms with Crippen LogP contribution in [0.5, 0.6) is 0 Å². The predicted octanol–water partition coefficient (Wildman–Crippen LogP) is 4.29. The molecule has 1 aliphatic carbocycles. The number of amides is 2. The summed E-state index contributed by atoms with van der Waals surface area (Å²) in [5, 5.41) is 2.42. The molecule has 1 atom stereocenters. The van der Waals surface area contributed by atoms with Crippen molar-refractivity contribution in [3.8, 4) is 0 Å². The van der Waals surface area contributed by atoms with Crippen LogP contribution >= 0.6 is 0 Å². The lowest BCUT2D eigenvalue weighted by Crippen LogP contribution is -2.44. The average Bonchev–Trinajstić information content (AvgIpc) is 3.52. The Kier molecular flexibility index (Phi) is 5.15. The maximum atomic E-state index is 13.2. The smallest absolute Gasteiger partial charge is 0.242 e. The molecule has 27 heavy (non-hydrogen) atoms. The summed E-state index contributed by atoms with van der Waals surface area (Å²) in [6, 6.07) is 15.1. The van der Waals surface area contributed by atoms with Crippen molar-refractivity contribution in [2.75, 3.05) is 13.1 Å². The Morgan fingerprint density at radius 2 is 1.89 bits per heavy atom. The van der Waals surface area contributed by atoms with Crippen molar-refractivity contribution < 1.29 is 9.59 Å². The Morgan fingerprint density at radius 1 is 1.11 bits per heavy atom. The Labute approximate surface area is 161 Å². The van der Waals surface area contributed by atoms with Gasteiger partial charge in [-0.15, -0.1) is 0 Å². The van der Waals surface area contributed by atoms with Gasteiger partial charge in [-0.3, -0.25) is 9.59 Å². The highest BCUT2D eigenvalue weighted by molar-refractivity contribution is 5.86. The number of hydrogen-bond donors (Lipinski definition) is 0. The molecule has 2 aliphatic rings. The van der Waals surface area contributed by atoms with Crippen LogP contribution in [0, 0.1) is 0 Å². The van der Waals surface area contributed by atoms with Gasteiger partial charge in [0.1, 0.15) is 0 Å². The summed E-state index contributed by atoms with van der Waals surface area (Å²) in [7, 11) is 0. The molecular formula is C23H28N2O2. The zero-order chi connectivity index (χ0) is 18.8. The second kappa shape index (κ2) is 7.71. The zero-order valence-corrected chi connectivity index (χ0v) is 16.1. The van der Waals surface area contributed by atoms with E-state index in [1.165, 1.54) is 10.8 Å². The molecule has 0 spiro atoms. The van der Waals surface area contributed by atoms with E-state index in [1.807, 2.05) is 17.0 Å². The second-order valence-electron chi connectivity index (χ2n) is 7.94. The molecule has 2 fully saturated rings. The summed E-state index contributed by atoms with van der Waals surface area (Å²) in [5.74, 6) is 0.225. The molecule has 0 aromatic heterocycles. The second-order valence-corrected chi connectivity index (χ2v) is 7.94. The van der Waals surface area contributed by atoms with Gasteiger partial charge in [-0.05, 0) is 55.0 Å². The number of carbonyl (C=O) groups excluding carboxylic acids is 2. The van der Waals surface area contributed by atoms with Crippen LogP contribution in [0.15, 0.2) is 42.5 Å². The fourth-order valence-corrected chi connectivity index (χ4v) is 4.17. The summed E-state index contributed by atoms with van der Waals surface area (Å²) in [4.78, 5) is 29.3. The quantitative estimate of drug-likeness (QED) is 0.794. The highest BCUT2D eigenvalue weighted by Gasteiger charge is 2.37. The van der Waals surface area contributed by atoms with E-state index in [-0.39, 0.29) is 24.4 Å². The molecule has 4 rings (SSSR count). The minimum Gasteiger partial charge on any atom is -0.333 e. The van der Waals surface area contributed by atoms with E-state index in [4.69, 9.17) is 0 Å². The summed E-state index contributed by atoms with van der Waals surface area (Å²) < 4.78 is 0. The average molecular weight is 364 g/mol. The van der Waals surface area contributed by atoms with Gasteiger partial charge in [0, 0.05) is 19.0 Å². The number of rotatable bonds is 5. The Balaban J connectivity index is 1.53. The first kappa shape index (κ1) is 18.0. The van der Waals surface area contributed by atoms with Gasteiger partial charge in [-0.2, -0.15) is 0 Å². The number of fused-ring (bicyclic) bond motifs is 1. The third-order valence-corrected chi connectivity index (χ3v) is 5.90. The first-order valence-electron chi connectivity index (χ1n) is 10.2. The minimum atomic E-state index is 0.0247. The van der Waals surface area contributed by atoms with Gasteiger partial charge in [0.25, 0.3) is 0 Å². The van der Waals surface area contributed by atoms with Gasteiger partial charge in [-0.1, -0.05) is 42.8 Å². The van der Waals surface area contributed by atoms with Gasteiger partial charge < -0.3 is 9.80 Å². The van der Waals surface area contributed by atoms with Crippen LogP contribution in [0.2, 0.25) is 0 Å². The Morgan fingerprint density at radius 3 is 2.67 bits per heavy atom. The van der Waals surface area contributed by atoms with Gasteiger partial charge in [0.15, 0.2) is 0 Å². The first-order valence-corrected chi connectivity index (χ1v) is 10.2. The summed E-state index contributed by atoms with van der Waals surface area (Å²) in [6.07, 6.45) is 5.74. The molecule has 0 bridgehead atoms. The lowest BCUT2D eigenvalue weighted by atomic mass is 10.0. The molecule has 4 heteroatoms. The first-order chi connectivity index (χ1) is 13.1. The van der Waals surface area contributed by atoms with Crippen molar-refractivity contribution in [2.45, 2.75) is 57.5 Å². The molecule has 2 aromatic rings. The van der Waals surface area contributed by atoms with E-state index in [2.05, 4.69) is 37.3 Å². The van der Waals surface area contributed by atoms with E-state index in [9.17, 15) is 9.59 Å². The summed E-state index contributed by atoms with van der Waals surface area (Å²) >= 11 is 0. The molecule has 1 aliphatic heterocycles. The molecule has 2 amide bonds. The van der Waals surface area contributed by atoms with Crippen LogP contribution in [0.4, 0.5) is 0 Å². The maximum absolute atomic E-state index is 13.2. The largest absolute Gasteiger partial charge is 0.333 e. The normalized spacial score (nSPS) is 19.0. The SMILES string of the molecule is CC(c1ccc2ccccc2c1)N(C(=O)CN1CCCCCC1=O)C1CC1. The third-order valence-electron chi connectivity index (χ3n) is 5.90. The van der Waals surface area contributed by atoms with E-state index in [0.29, 0.717) is 19.0 Å². The van der Waals surface area contributed by atoms with Crippen LogP contribution < -0.4 is 0 Å². The molecule has 1 heterocycles. The monoisotopic (exact) mass is 364 g/mol. The lowest BCUT2D eigenvalue weighted by molar-refractivity contribution is -0.142. The van der Waals surface area contributed by atoms with Crippen molar-refractivity contribution >= 4 is 22.6 Å². The topological polar surface area (TPSA) is 40.6 Å². The standard InChI is InChI=1S/C23H28N2O2/c1-17(19-11-10-18-7-4-5-8-20(18)15-19)25(21-12-13-21)23(27)16-24-14-6-2-3-9-22(24)26/h4-5,7-8,10-11,15,17,21H,2-3,6,9,12-14,16H2,1H3. The van der Waals surface area contributed by atoms with E-state index < -0.39 is 0 Å². The van der Waals surface area contributed by atoms with Gasteiger partial charge in [0.05, 0.1) is 12.6 Å². The van der Waals surface area contributed by atoms with Crippen LogP contribution in [-0.2, 0) is 9.59 Å². The molecule has 1 saturated carbocycles. The van der Waals surface area contributed by atoms with Gasteiger partial charge in [0.2, 0.25) is 11.8 Å². The van der Waals surface area contributed by atoms with E-state index in [1.54, 1.807) is 4.90 Å². The summed E-state index contributed by atoms with van der Waals surface area (Å²) in [6.45, 7) is 3.06. The van der Waals surface area contributed by atoms with Crippen molar-refractivity contribution in [1.29, 1.82) is 0 Å². The number of nitrogens with zero attached hydrogens (tertiary/aromatic N) is 2. The number of carbonyl (C=O) groups is 2. The lowest BCUT2D eigenvalue weighted by Gasteiger charge is -2.32. The fourth-order valence-electron chi connectivity index (χ4n) is 4.17. The number of benzene rings is 2. The predicted molar refractivity (Wildman–Crippen MR) is 107 cm³/mol. The molecule has 142 valence electrons. The highest BCUT2D eigenvalue weighted by atomic mass is 16.2. The van der Waals surface area contributed by atoms with Crippen molar-refractivity contribution in [2.24, 2.45) is 0 Å². The number of hydrogen-bond acceptors (Lipinski definition) is 2. The van der Waals surface area contributed by atoms with Gasteiger partial charge in [-0.25, -0.2) is 0 Å². The Hall–Kier alpha value is -2.36. The van der Waals surface area contributed by atoms with Crippen molar-refractivity contribution in [3.05, 3.63) is 48.0 Å². The van der Waals surface area contributed by atoms with E-state index >= 15 is 0 Å². The van der Waals surface area contributed by atoms with Crippen molar-refractivity contribution in [3.63, 3.8) is 0 Å². The molecule has 1 saturated heterocycles. The minimum absolute atomic E-state index is 0.0247. The Bertz CT molecular complexity index is 843. The van der Waals surface area contributed by atoms with Gasteiger partial charge >= 0.3 is 0 Å². The molecular weight excluding hydrogens is 336 g/mol. The molecule has 0 N–H and O–H groups in total. The highest BCUT2D eigenvalue weighted by Crippen LogP contribution is 2.35. The van der Waals surface area contributed by atoms with Crippen LogP contribution in [-0.4, -0.2) is 40.7 Å². The third kappa shape index (κ3) is 4.00. The van der Waals surface area contributed by atoms with Crippen molar-refractivity contribution in [1.82, 2.24) is 9.80 Å². The molecule has 4 nitrogen and oxygen atoms in total. The molecule has 2 aromatic carbocycles. The van der Waals surface area contributed by atoms with E-state index in [0.717, 1.165) is 37.7 Å². The molecule has 1 unspecified atom stereocenters. The van der Waals surface area contributed by atoms with Crippen LogP contribution in [0.1, 0.15) is 57.1 Å². The molecule has 0 radical (unpaired) electrons. The van der Waals surface area contributed by atoms with Crippen LogP contribution in [0.3, 0.4) is 0 Å². The summed E-state index contributed by atoms with van der Waals surface area (Å²) in [5.41, 5.74) is 1.16. The number of likely N-dealkylation sites (tertiary alicyclic amines) is 1.